The third kappa shape index (κ3) is 4.05. The molecule has 0 aliphatic heterocycles. The van der Waals surface area contributed by atoms with Crippen LogP contribution in [-0.2, 0) is 19.0 Å². The topological polar surface area (TPSA) is 24.9 Å². The summed E-state index contributed by atoms with van der Waals surface area (Å²) in [6, 6.07) is 5.60. The predicted molar refractivity (Wildman–Crippen MR) is 73.8 cm³/mol. The Morgan fingerprint density at radius 2 is 2.10 bits per heavy atom. The second-order valence-electron chi connectivity index (χ2n) is 4.56. The Bertz CT molecular complexity index is 538. The summed E-state index contributed by atoms with van der Waals surface area (Å²) in [5, 5.41) is 3.14. The molecule has 6 heteroatoms. The van der Waals surface area contributed by atoms with Crippen LogP contribution in [0.5, 0.6) is 0 Å². The number of nitrogens with one attached hydrogen (secondary N) is 1. The van der Waals surface area contributed by atoms with Gasteiger partial charge >= 0.3 is 6.18 Å². The lowest BCUT2D eigenvalue weighted by molar-refractivity contribution is -0.137. The van der Waals surface area contributed by atoms with Crippen molar-refractivity contribution in [3.63, 3.8) is 0 Å². The molecule has 20 heavy (non-hydrogen) atoms. The zero-order chi connectivity index (χ0) is 14.6. The normalized spacial score (nSPS) is 13.4. The molecule has 0 radical (unpaired) electrons. The van der Waals surface area contributed by atoms with Gasteiger partial charge in [0.1, 0.15) is 0 Å². The van der Waals surface area contributed by atoms with E-state index < -0.39 is 11.7 Å². The van der Waals surface area contributed by atoms with E-state index in [1.807, 2.05) is 7.05 Å². The zero-order valence-corrected chi connectivity index (χ0v) is 11.8. The van der Waals surface area contributed by atoms with Crippen molar-refractivity contribution in [3.05, 3.63) is 52.0 Å². The molecule has 0 fully saturated rings. The highest BCUT2D eigenvalue weighted by molar-refractivity contribution is 7.09. The molecule has 1 heterocycles. The fourth-order valence-corrected chi connectivity index (χ4v) is 2.70. The van der Waals surface area contributed by atoms with Gasteiger partial charge in [-0.2, -0.15) is 13.2 Å². The van der Waals surface area contributed by atoms with Crippen molar-refractivity contribution in [1.82, 2.24) is 10.3 Å². The summed E-state index contributed by atoms with van der Waals surface area (Å²) in [7, 11) is 1.82. The van der Waals surface area contributed by atoms with Crippen molar-refractivity contribution in [1.29, 1.82) is 0 Å². The Morgan fingerprint density at radius 1 is 1.30 bits per heavy atom. The smallest absolute Gasteiger partial charge is 0.316 e. The van der Waals surface area contributed by atoms with E-state index in [0.29, 0.717) is 12.0 Å². The summed E-state index contributed by atoms with van der Waals surface area (Å²) in [6.45, 7) is 0. The molecule has 0 saturated heterocycles. The Morgan fingerprint density at radius 3 is 2.70 bits per heavy atom. The summed E-state index contributed by atoms with van der Waals surface area (Å²) >= 11 is 1.55. The minimum Gasteiger partial charge on any atom is -0.316 e. The molecular formula is C14H15F3N2S. The van der Waals surface area contributed by atoms with E-state index in [-0.39, 0.29) is 6.04 Å². The predicted octanol–water partition coefficient (Wildman–Crippen LogP) is 3.54. The van der Waals surface area contributed by atoms with E-state index >= 15 is 0 Å². The van der Waals surface area contributed by atoms with Crippen LogP contribution < -0.4 is 5.32 Å². The van der Waals surface area contributed by atoms with Gasteiger partial charge in [-0.1, -0.05) is 18.2 Å². The SMILES string of the molecule is CNC(Cc1cccc(C(F)(F)F)c1)Cc1cncs1. The first-order valence-electron chi connectivity index (χ1n) is 6.20. The van der Waals surface area contributed by atoms with Crippen LogP contribution in [0.4, 0.5) is 13.2 Å². The molecule has 0 spiro atoms. The maximum Gasteiger partial charge on any atom is 0.416 e. The minimum atomic E-state index is -4.29. The molecule has 0 amide bonds. The van der Waals surface area contributed by atoms with E-state index in [0.717, 1.165) is 17.4 Å². The lowest BCUT2D eigenvalue weighted by atomic mass is 10.0. The van der Waals surface area contributed by atoms with E-state index in [4.69, 9.17) is 0 Å². The molecule has 2 aromatic rings. The number of likely N-dealkylation sites (N-methyl/N-ethyl adjacent to an activating group) is 1. The van der Waals surface area contributed by atoms with Crippen LogP contribution in [0.1, 0.15) is 16.0 Å². The largest absolute Gasteiger partial charge is 0.416 e. The summed E-state index contributed by atoms with van der Waals surface area (Å²) in [6.07, 6.45) is -1.18. The second kappa shape index (κ2) is 6.37. The Balaban J connectivity index is 2.07. The van der Waals surface area contributed by atoms with Crippen molar-refractivity contribution in [3.8, 4) is 0 Å². The van der Waals surface area contributed by atoms with Crippen molar-refractivity contribution in [2.45, 2.75) is 25.1 Å². The third-order valence-electron chi connectivity index (χ3n) is 3.08. The maximum absolute atomic E-state index is 12.7. The molecule has 0 aliphatic carbocycles. The number of aromatic nitrogens is 1. The van der Waals surface area contributed by atoms with Crippen LogP contribution in [0.2, 0.25) is 0 Å². The first kappa shape index (κ1) is 15.0. The van der Waals surface area contributed by atoms with Gasteiger partial charge < -0.3 is 5.32 Å². The van der Waals surface area contributed by atoms with Crippen molar-refractivity contribution in [2.75, 3.05) is 7.05 Å². The number of rotatable bonds is 5. The van der Waals surface area contributed by atoms with Gasteiger partial charge in [-0.3, -0.25) is 4.98 Å². The molecule has 0 bridgehead atoms. The number of thiazole rings is 1. The van der Waals surface area contributed by atoms with Gasteiger partial charge in [-0.05, 0) is 31.5 Å². The number of alkyl halides is 3. The van der Waals surface area contributed by atoms with Crippen molar-refractivity contribution >= 4 is 11.3 Å². The van der Waals surface area contributed by atoms with Crippen LogP contribution in [0.25, 0.3) is 0 Å². The molecular weight excluding hydrogens is 285 g/mol. The Kier molecular flexibility index (Phi) is 4.77. The number of benzene rings is 1. The van der Waals surface area contributed by atoms with Crippen LogP contribution in [0, 0.1) is 0 Å². The maximum atomic E-state index is 12.7. The van der Waals surface area contributed by atoms with Crippen LogP contribution in [0.3, 0.4) is 0 Å². The Labute approximate surface area is 119 Å². The number of nitrogens with zero attached hydrogens (tertiary/aromatic N) is 1. The van der Waals surface area contributed by atoms with Gasteiger partial charge in [0.05, 0.1) is 11.1 Å². The fourth-order valence-electron chi connectivity index (χ4n) is 2.02. The molecule has 0 aliphatic rings. The highest BCUT2D eigenvalue weighted by atomic mass is 32.1. The standard InChI is InChI=1S/C14H15F3N2S/c1-18-12(7-13-8-19-9-20-13)6-10-3-2-4-11(5-10)14(15,16)17/h2-5,8-9,12,18H,6-7H2,1H3. The summed E-state index contributed by atoms with van der Waals surface area (Å²) in [4.78, 5) is 5.13. The molecule has 2 rings (SSSR count). The van der Waals surface area contributed by atoms with Crippen LogP contribution >= 0.6 is 11.3 Å². The first-order valence-corrected chi connectivity index (χ1v) is 7.08. The summed E-state index contributed by atoms with van der Waals surface area (Å²) < 4.78 is 38.0. The molecule has 108 valence electrons. The average molecular weight is 300 g/mol. The molecule has 1 N–H and O–H groups in total. The van der Waals surface area contributed by atoms with Gasteiger partial charge in [-0.25, -0.2) is 0 Å². The summed E-state index contributed by atoms with van der Waals surface area (Å²) in [5.74, 6) is 0. The second-order valence-corrected chi connectivity index (χ2v) is 5.53. The number of hydrogen-bond acceptors (Lipinski definition) is 3. The monoisotopic (exact) mass is 300 g/mol. The van der Waals surface area contributed by atoms with Gasteiger partial charge in [0.2, 0.25) is 0 Å². The number of halogens is 3. The first-order chi connectivity index (χ1) is 9.49. The van der Waals surface area contributed by atoms with E-state index in [2.05, 4.69) is 10.3 Å². The summed E-state index contributed by atoms with van der Waals surface area (Å²) in [5.41, 5.74) is 1.85. The molecule has 0 saturated carbocycles. The zero-order valence-electron chi connectivity index (χ0n) is 10.9. The van der Waals surface area contributed by atoms with Crippen LogP contribution in [0.15, 0.2) is 36.0 Å². The number of hydrogen-bond donors (Lipinski definition) is 1. The molecule has 1 atom stereocenters. The molecule has 1 aromatic carbocycles. The van der Waals surface area contributed by atoms with E-state index in [9.17, 15) is 13.2 Å². The van der Waals surface area contributed by atoms with Gasteiger partial charge in [-0.15, -0.1) is 11.3 Å². The van der Waals surface area contributed by atoms with Gasteiger partial charge in [0.25, 0.3) is 0 Å². The average Bonchev–Trinajstić information content (AvgIpc) is 2.90. The van der Waals surface area contributed by atoms with Crippen LogP contribution in [-0.4, -0.2) is 18.1 Å². The highest BCUT2D eigenvalue weighted by Crippen LogP contribution is 2.29. The van der Waals surface area contributed by atoms with Crippen molar-refractivity contribution < 1.29 is 13.2 Å². The van der Waals surface area contributed by atoms with E-state index in [1.165, 1.54) is 12.1 Å². The quantitative estimate of drug-likeness (QED) is 0.913. The van der Waals surface area contributed by atoms with Crippen molar-refractivity contribution in [2.24, 2.45) is 0 Å². The highest BCUT2D eigenvalue weighted by Gasteiger charge is 2.30. The molecule has 1 unspecified atom stereocenters. The fraction of sp³-hybridized carbons (Fsp3) is 0.357. The lowest BCUT2D eigenvalue weighted by Gasteiger charge is -2.16. The molecule has 1 aromatic heterocycles. The van der Waals surface area contributed by atoms with E-state index in [1.54, 1.807) is 29.1 Å². The minimum absolute atomic E-state index is 0.0962. The lowest BCUT2D eigenvalue weighted by Crippen LogP contribution is -2.29. The third-order valence-corrected chi connectivity index (χ3v) is 3.88. The van der Waals surface area contributed by atoms with Gasteiger partial charge in [0.15, 0.2) is 0 Å². The Hall–Kier alpha value is -1.40. The van der Waals surface area contributed by atoms with Gasteiger partial charge in [0, 0.05) is 17.1 Å². The molecule has 2 nitrogen and oxygen atoms in total.